The third-order valence-electron chi connectivity index (χ3n) is 5.79. The summed E-state index contributed by atoms with van der Waals surface area (Å²) in [5.41, 5.74) is 3.53. The van der Waals surface area contributed by atoms with Gasteiger partial charge in [0.25, 0.3) is 11.1 Å². The number of likely N-dealkylation sites (tertiary alicyclic amines) is 1. The summed E-state index contributed by atoms with van der Waals surface area (Å²) in [5, 5.41) is 0.522. The van der Waals surface area contributed by atoms with Crippen molar-refractivity contribution in [3.05, 3.63) is 56.2 Å². The molecule has 2 aliphatic heterocycles. The van der Waals surface area contributed by atoms with Crippen LogP contribution in [0.2, 0.25) is 10.0 Å². The topological polar surface area (TPSA) is 62.6 Å². The molecule has 3 amide bonds. The van der Waals surface area contributed by atoms with Gasteiger partial charge in [-0.3, -0.25) is 19.3 Å². The van der Waals surface area contributed by atoms with Crippen molar-refractivity contribution in [1.82, 2.24) is 14.4 Å². The fourth-order valence-corrected chi connectivity index (χ4v) is 5.23. The number of halogens is 2. The Hall–Kier alpha value is -2.22. The van der Waals surface area contributed by atoms with E-state index in [1.807, 2.05) is 30.5 Å². The van der Waals surface area contributed by atoms with E-state index in [2.05, 4.69) is 0 Å². The van der Waals surface area contributed by atoms with Crippen LogP contribution in [-0.2, 0) is 9.59 Å². The Kier molecular flexibility index (Phi) is 6.70. The molecule has 32 heavy (non-hydrogen) atoms. The molecule has 168 valence electrons. The number of rotatable bonds is 4. The molecule has 2 aliphatic rings. The first-order valence-corrected chi connectivity index (χ1v) is 12.0. The summed E-state index contributed by atoms with van der Waals surface area (Å²) < 4.78 is 2.01. The van der Waals surface area contributed by atoms with Gasteiger partial charge in [-0.15, -0.1) is 0 Å². The normalized spacial score (nSPS) is 18.2. The van der Waals surface area contributed by atoms with Gasteiger partial charge >= 0.3 is 0 Å². The van der Waals surface area contributed by atoms with Crippen LogP contribution in [0.25, 0.3) is 11.8 Å². The summed E-state index contributed by atoms with van der Waals surface area (Å²) in [7, 11) is 0. The fraction of sp³-hybridized carbons (Fsp3) is 0.348. The molecule has 0 atom stereocenters. The lowest BCUT2D eigenvalue weighted by molar-refractivity contribution is -0.136. The lowest BCUT2D eigenvalue weighted by atomic mass is 10.1. The van der Waals surface area contributed by atoms with Crippen LogP contribution in [-0.4, -0.2) is 51.1 Å². The van der Waals surface area contributed by atoms with Crippen molar-refractivity contribution in [3.8, 4) is 5.69 Å². The minimum absolute atomic E-state index is 0.175. The molecule has 1 aromatic carbocycles. The molecular weight excluding hydrogens is 469 g/mol. The molecule has 2 saturated heterocycles. The number of amides is 3. The predicted molar refractivity (Wildman–Crippen MR) is 128 cm³/mol. The first-order valence-electron chi connectivity index (χ1n) is 10.4. The molecule has 0 aliphatic carbocycles. The molecule has 2 aromatic rings. The van der Waals surface area contributed by atoms with Gasteiger partial charge in [0.05, 0.1) is 15.0 Å². The number of hydrogen-bond acceptors (Lipinski definition) is 4. The molecule has 2 fully saturated rings. The van der Waals surface area contributed by atoms with Crippen molar-refractivity contribution >= 4 is 58.1 Å². The number of nitrogens with zero attached hydrogens (tertiary/aromatic N) is 3. The van der Waals surface area contributed by atoms with Crippen molar-refractivity contribution in [1.29, 1.82) is 0 Å². The fourth-order valence-electron chi connectivity index (χ4n) is 4.11. The van der Waals surface area contributed by atoms with Crippen molar-refractivity contribution in [2.24, 2.45) is 0 Å². The van der Waals surface area contributed by atoms with E-state index in [-0.39, 0.29) is 12.5 Å². The van der Waals surface area contributed by atoms with E-state index in [1.165, 1.54) is 0 Å². The highest BCUT2D eigenvalue weighted by molar-refractivity contribution is 8.18. The lowest BCUT2D eigenvalue weighted by Gasteiger charge is -2.27. The zero-order chi connectivity index (χ0) is 23.0. The van der Waals surface area contributed by atoms with Gasteiger partial charge in [-0.1, -0.05) is 23.2 Å². The molecule has 1 aromatic heterocycles. The first kappa shape index (κ1) is 23.0. The van der Waals surface area contributed by atoms with Crippen molar-refractivity contribution in [2.45, 2.75) is 33.1 Å². The van der Waals surface area contributed by atoms with Crippen molar-refractivity contribution < 1.29 is 14.4 Å². The molecule has 6 nitrogen and oxygen atoms in total. The Morgan fingerprint density at radius 2 is 1.78 bits per heavy atom. The molecule has 0 spiro atoms. The summed E-state index contributed by atoms with van der Waals surface area (Å²) in [6, 6.07) is 7.35. The number of thioether (sulfide) groups is 1. The number of piperidine rings is 1. The van der Waals surface area contributed by atoms with Crippen LogP contribution >= 0.6 is 35.0 Å². The van der Waals surface area contributed by atoms with Crippen LogP contribution in [0.1, 0.15) is 36.2 Å². The minimum Gasteiger partial charge on any atom is -0.341 e. The quantitative estimate of drug-likeness (QED) is 0.533. The Bertz CT molecular complexity index is 1140. The average Bonchev–Trinajstić information content (AvgIpc) is 3.20. The third kappa shape index (κ3) is 4.47. The molecule has 0 unspecified atom stereocenters. The predicted octanol–water partition coefficient (Wildman–Crippen LogP) is 5.45. The van der Waals surface area contributed by atoms with Gasteiger partial charge in [0.15, 0.2) is 0 Å². The maximum atomic E-state index is 12.9. The summed E-state index contributed by atoms with van der Waals surface area (Å²) in [5.74, 6) is -0.601. The second-order valence-electron chi connectivity index (χ2n) is 7.97. The van der Waals surface area contributed by atoms with Gasteiger partial charge < -0.3 is 9.47 Å². The van der Waals surface area contributed by atoms with E-state index < -0.39 is 11.1 Å². The van der Waals surface area contributed by atoms with Crippen molar-refractivity contribution in [2.75, 3.05) is 19.6 Å². The number of aryl methyl sites for hydroxylation is 1. The van der Waals surface area contributed by atoms with Gasteiger partial charge in [0.2, 0.25) is 5.91 Å². The maximum absolute atomic E-state index is 12.9. The largest absolute Gasteiger partial charge is 0.341 e. The highest BCUT2D eigenvalue weighted by Gasteiger charge is 2.37. The Morgan fingerprint density at radius 1 is 1.06 bits per heavy atom. The molecule has 4 rings (SSSR count). The third-order valence-corrected chi connectivity index (χ3v) is 7.44. The minimum atomic E-state index is -0.426. The molecule has 0 bridgehead atoms. The Morgan fingerprint density at radius 3 is 2.47 bits per heavy atom. The number of carbonyl (C=O) groups excluding carboxylic acids is 3. The van der Waals surface area contributed by atoms with Crippen molar-refractivity contribution in [3.63, 3.8) is 0 Å². The molecule has 0 N–H and O–H groups in total. The SMILES string of the molecule is Cc1cc(/C=C2\SC(=O)N(CC(=O)N3CCCCC3)C2=O)c(C)n1-c1ccc(Cl)c(Cl)c1. The van der Waals surface area contributed by atoms with Gasteiger partial charge in [-0.2, -0.15) is 0 Å². The lowest BCUT2D eigenvalue weighted by Crippen LogP contribution is -2.44. The summed E-state index contributed by atoms with van der Waals surface area (Å²) in [6.07, 6.45) is 4.74. The van der Waals surface area contributed by atoms with Gasteiger partial charge in [-0.25, -0.2) is 0 Å². The van der Waals surface area contributed by atoms with Crippen LogP contribution in [0.4, 0.5) is 4.79 Å². The van der Waals surface area contributed by atoms with E-state index in [0.29, 0.717) is 28.0 Å². The van der Waals surface area contributed by atoms with Crippen LogP contribution in [0, 0.1) is 13.8 Å². The zero-order valence-electron chi connectivity index (χ0n) is 17.9. The van der Waals surface area contributed by atoms with E-state index in [4.69, 9.17) is 23.2 Å². The second-order valence-corrected chi connectivity index (χ2v) is 9.78. The highest BCUT2D eigenvalue weighted by atomic mass is 35.5. The van der Waals surface area contributed by atoms with E-state index in [9.17, 15) is 14.4 Å². The number of carbonyl (C=O) groups is 3. The second kappa shape index (κ2) is 9.33. The first-order chi connectivity index (χ1) is 15.3. The standard InChI is InChI=1S/C23H23Cl2N3O3S/c1-14-10-16(15(2)28(14)17-6-7-18(24)19(25)12-17)11-20-22(30)27(23(31)32-20)13-21(29)26-8-4-3-5-9-26/h6-7,10-12H,3-5,8-9,13H2,1-2H3/b20-11-. The van der Waals surface area contributed by atoms with Crippen LogP contribution in [0.15, 0.2) is 29.2 Å². The average molecular weight is 492 g/mol. The van der Waals surface area contributed by atoms with Gasteiger partial charge in [0.1, 0.15) is 6.54 Å². The van der Waals surface area contributed by atoms with Crippen LogP contribution in [0.5, 0.6) is 0 Å². The number of hydrogen-bond donors (Lipinski definition) is 0. The van der Waals surface area contributed by atoms with Crippen LogP contribution < -0.4 is 0 Å². The molecular formula is C23H23Cl2N3O3S. The maximum Gasteiger partial charge on any atom is 0.294 e. The molecule has 3 heterocycles. The van der Waals surface area contributed by atoms with E-state index in [1.54, 1.807) is 23.1 Å². The Balaban J connectivity index is 1.56. The molecule has 9 heteroatoms. The van der Waals surface area contributed by atoms with Gasteiger partial charge in [0, 0.05) is 30.2 Å². The highest BCUT2D eigenvalue weighted by Crippen LogP contribution is 2.34. The van der Waals surface area contributed by atoms with Gasteiger partial charge in [-0.05, 0) is 80.8 Å². The number of benzene rings is 1. The smallest absolute Gasteiger partial charge is 0.294 e. The van der Waals surface area contributed by atoms with E-state index in [0.717, 1.165) is 58.6 Å². The summed E-state index contributed by atoms with van der Waals surface area (Å²) in [4.78, 5) is 41.0. The molecule has 0 saturated carbocycles. The Labute approximate surface area is 201 Å². The summed E-state index contributed by atoms with van der Waals surface area (Å²) >= 11 is 13.1. The van der Waals surface area contributed by atoms with Crippen LogP contribution in [0.3, 0.4) is 0 Å². The summed E-state index contributed by atoms with van der Waals surface area (Å²) in [6.45, 7) is 5.06. The molecule has 0 radical (unpaired) electrons. The van der Waals surface area contributed by atoms with E-state index >= 15 is 0 Å². The monoisotopic (exact) mass is 491 g/mol. The zero-order valence-corrected chi connectivity index (χ0v) is 20.2. The number of imide groups is 1. The number of aromatic nitrogens is 1.